The van der Waals surface area contributed by atoms with Crippen molar-refractivity contribution in [2.45, 2.75) is 94.3 Å². The largest absolute Gasteiger partial charge is 0.368 e. The van der Waals surface area contributed by atoms with Crippen LogP contribution in [0.25, 0.3) is 0 Å². The van der Waals surface area contributed by atoms with Gasteiger partial charge in [0.25, 0.3) is 0 Å². The Bertz CT molecular complexity index is 1300. The molecule has 4 saturated carbocycles. The molecule has 0 amide bonds. The van der Waals surface area contributed by atoms with Crippen molar-refractivity contribution in [3.63, 3.8) is 0 Å². The van der Waals surface area contributed by atoms with Crippen molar-refractivity contribution in [3.8, 4) is 0 Å². The zero-order valence-corrected chi connectivity index (χ0v) is 24.7. The van der Waals surface area contributed by atoms with Gasteiger partial charge in [-0.15, -0.1) is 0 Å². The number of hydrogen-bond donors (Lipinski definition) is 0. The van der Waals surface area contributed by atoms with Crippen LogP contribution in [0.5, 0.6) is 0 Å². The third-order valence-corrected chi connectivity index (χ3v) is 10.3. The highest BCUT2D eigenvalue weighted by Crippen LogP contribution is 2.58. The molecule has 6 nitrogen and oxygen atoms in total. The highest BCUT2D eigenvalue weighted by molar-refractivity contribution is 5.18. The van der Waals surface area contributed by atoms with Crippen LogP contribution in [0, 0.1) is 17.8 Å². The van der Waals surface area contributed by atoms with Gasteiger partial charge in [0.1, 0.15) is 24.4 Å². The van der Waals surface area contributed by atoms with E-state index in [9.17, 15) is 0 Å². The van der Waals surface area contributed by atoms with Crippen molar-refractivity contribution >= 4 is 0 Å². The van der Waals surface area contributed by atoms with E-state index in [-0.39, 0.29) is 17.8 Å². The molecule has 0 N–H and O–H groups in total. The van der Waals surface area contributed by atoms with E-state index in [2.05, 4.69) is 24.3 Å². The second kappa shape index (κ2) is 12.1. The minimum absolute atomic E-state index is 0.145. The van der Waals surface area contributed by atoms with Gasteiger partial charge in [-0.1, -0.05) is 91.0 Å². The molecule has 0 spiro atoms. The predicted octanol–water partition coefficient (Wildman–Crippen LogP) is 6.98. The van der Waals surface area contributed by atoms with Gasteiger partial charge in [-0.2, -0.15) is 0 Å². The van der Waals surface area contributed by atoms with Crippen molar-refractivity contribution in [2.75, 3.05) is 6.61 Å². The lowest BCUT2D eigenvalue weighted by Gasteiger charge is -2.58. The first-order valence-electron chi connectivity index (χ1n) is 16.2. The van der Waals surface area contributed by atoms with E-state index in [0.29, 0.717) is 19.8 Å². The smallest absolute Gasteiger partial charge is 0.187 e. The molecule has 2 aliphatic heterocycles. The monoisotopic (exact) mass is 582 g/mol. The molecule has 0 aromatic heterocycles. The normalized spacial score (nSPS) is 38.1. The zero-order chi connectivity index (χ0) is 28.6. The minimum atomic E-state index is -0.567. The lowest BCUT2D eigenvalue weighted by Crippen LogP contribution is -2.65. The molecule has 6 heteroatoms. The maximum atomic E-state index is 7.20. The number of fused-ring (bicyclic) bond motifs is 1. The van der Waals surface area contributed by atoms with Crippen molar-refractivity contribution < 1.29 is 28.4 Å². The van der Waals surface area contributed by atoms with Gasteiger partial charge in [0, 0.05) is 5.56 Å². The predicted molar refractivity (Wildman–Crippen MR) is 161 cm³/mol. The Morgan fingerprint density at radius 2 is 1.16 bits per heavy atom. The van der Waals surface area contributed by atoms with E-state index in [0.717, 1.165) is 53.7 Å². The summed E-state index contributed by atoms with van der Waals surface area (Å²) >= 11 is 0. The van der Waals surface area contributed by atoms with Crippen LogP contribution in [0.15, 0.2) is 91.0 Å². The molecule has 6 aliphatic rings. The molecule has 6 unspecified atom stereocenters. The highest BCUT2D eigenvalue weighted by atomic mass is 16.8. The molecule has 226 valence electrons. The Morgan fingerprint density at radius 1 is 0.628 bits per heavy atom. The lowest BCUT2D eigenvalue weighted by molar-refractivity contribution is -0.391. The summed E-state index contributed by atoms with van der Waals surface area (Å²) in [7, 11) is 0. The molecular formula is C37H42O6. The van der Waals surface area contributed by atoms with Gasteiger partial charge >= 0.3 is 0 Å². The SMILES string of the molecule is c1ccc(COC2C(OC34CC5CC(CC(C5)C3)C4)OC3COC(c4ccccc4)OC3C2OCc2ccccc2)cc1. The molecule has 6 fully saturated rings. The van der Waals surface area contributed by atoms with E-state index < -0.39 is 24.8 Å². The third kappa shape index (κ3) is 5.94. The van der Waals surface area contributed by atoms with Crippen molar-refractivity contribution in [1.29, 1.82) is 0 Å². The summed E-state index contributed by atoms with van der Waals surface area (Å²) in [5.41, 5.74) is 3.05. The Balaban J connectivity index is 1.10. The maximum Gasteiger partial charge on any atom is 0.187 e. The van der Waals surface area contributed by atoms with Gasteiger partial charge in [0.15, 0.2) is 12.6 Å². The average Bonchev–Trinajstić information content (AvgIpc) is 3.03. The fraction of sp³-hybridized carbons (Fsp3) is 0.514. The molecule has 6 atom stereocenters. The van der Waals surface area contributed by atoms with Crippen LogP contribution in [-0.2, 0) is 41.6 Å². The lowest BCUT2D eigenvalue weighted by atomic mass is 9.54. The van der Waals surface area contributed by atoms with Gasteiger partial charge in [0.2, 0.25) is 0 Å². The minimum Gasteiger partial charge on any atom is -0.368 e. The first kappa shape index (κ1) is 27.9. The standard InChI is InChI=1S/C37H42O6/c1-4-10-25(11-5-1)22-38-33-32-31(24-40-35(42-32)30-14-8-3-9-15-30)41-36(34(33)39-23-26-12-6-2-7-13-26)43-37-19-27-16-28(20-37)18-29(17-27)21-37/h1-15,27-29,31-36H,16-24H2. The summed E-state index contributed by atoms with van der Waals surface area (Å²) < 4.78 is 40.6. The van der Waals surface area contributed by atoms with Gasteiger partial charge in [-0.05, 0) is 67.4 Å². The van der Waals surface area contributed by atoms with Gasteiger partial charge in [-0.3, -0.25) is 0 Å². The fourth-order valence-corrected chi connectivity index (χ4v) is 8.74. The number of benzene rings is 3. The van der Waals surface area contributed by atoms with E-state index >= 15 is 0 Å². The zero-order valence-electron chi connectivity index (χ0n) is 24.7. The Kier molecular flexibility index (Phi) is 7.84. The number of rotatable bonds is 9. The summed E-state index contributed by atoms with van der Waals surface area (Å²) in [6, 6.07) is 30.7. The first-order valence-corrected chi connectivity index (χ1v) is 16.2. The highest BCUT2D eigenvalue weighted by Gasteiger charge is 2.57. The third-order valence-electron chi connectivity index (χ3n) is 10.3. The summed E-state index contributed by atoms with van der Waals surface area (Å²) in [6.07, 6.45) is 4.81. The van der Waals surface area contributed by atoms with Crippen LogP contribution in [0.4, 0.5) is 0 Å². The molecular weight excluding hydrogens is 540 g/mol. The van der Waals surface area contributed by atoms with Crippen LogP contribution < -0.4 is 0 Å². The van der Waals surface area contributed by atoms with Gasteiger partial charge < -0.3 is 28.4 Å². The van der Waals surface area contributed by atoms with Crippen molar-refractivity contribution in [3.05, 3.63) is 108 Å². The summed E-state index contributed by atoms with van der Waals surface area (Å²) in [5.74, 6) is 2.30. The van der Waals surface area contributed by atoms with Crippen LogP contribution in [0.2, 0.25) is 0 Å². The topological polar surface area (TPSA) is 55.4 Å². The summed E-state index contributed by atoms with van der Waals surface area (Å²) in [6.45, 7) is 1.29. The van der Waals surface area contributed by atoms with Crippen LogP contribution >= 0.6 is 0 Å². The fourth-order valence-electron chi connectivity index (χ4n) is 8.74. The molecule has 2 heterocycles. The average molecular weight is 583 g/mol. The van der Waals surface area contributed by atoms with Crippen LogP contribution in [0.3, 0.4) is 0 Å². The van der Waals surface area contributed by atoms with Crippen LogP contribution in [-0.4, -0.2) is 42.9 Å². The van der Waals surface area contributed by atoms with Crippen LogP contribution in [0.1, 0.15) is 61.5 Å². The molecule has 3 aromatic rings. The van der Waals surface area contributed by atoms with E-state index in [4.69, 9.17) is 28.4 Å². The summed E-state index contributed by atoms with van der Waals surface area (Å²) in [4.78, 5) is 0. The van der Waals surface area contributed by atoms with Crippen molar-refractivity contribution in [1.82, 2.24) is 0 Å². The second-order valence-electron chi connectivity index (χ2n) is 13.5. The number of ether oxygens (including phenoxy) is 6. The molecule has 4 aliphatic carbocycles. The Morgan fingerprint density at radius 3 is 1.74 bits per heavy atom. The molecule has 0 radical (unpaired) electrons. The summed E-state index contributed by atoms with van der Waals surface area (Å²) in [5, 5.41) is 0. The number of hydrogen-bond acceptors (Lipinski definition) is 6. The Labute approximate surface area is 254 Å². The quantitative estimate of drug-likeness (QED) is 0.271. The van der Waals surface area contributed by atoms with Crippen molar-refractivity contribution in [2.24, 2.45) is 17.8 Å². The maximum absolute atomic E-state index is 7.20. The molecule has 2 saturated heterocycles. The molecule has 9 rings (SSSR count). The van der Waals surface area contributed by atoms with E-state index in [1.807, 2.05) is 66.7 Å². The second-order valence-corrected chi connectivity index (χ2v) is 13.5. The molecule has 43 heavy (non-hydrogen) atoms. The van der Waals surface area contributed by atoms with Gasteiger partial charge in [-0.25, -0.2) is 0 Å². The first-order chi connectivity index (χ1) is 21.2. The van der Waals surface area contributed by atoms with E-state index in [1.165, 1.54) is 19.3 Å². The van der Waals surface area contributed by atoms with E-state index in [1.54, 1.807) is 0 Å². The van der Waals surface area contributed by atoms with Gasteiger partial charge in [0.05, 0.1) is 25.4 Å². The molecule has 3 aromatic carbocycles. The molecule has 4 bridgehead atoms. The Hall–Kier alpha value is -2.58.